The molecular formula is C14H21N3O3S. The van der Waals surface area contributed by atoms with Gasteiger partial charge in [0.25, 0.3) is 0 Å². The van der Waals surface area contributed by atoms with Crippen molar-refractivity contribution in [1.29, 1.82) is 0 Å². The Hall–Kier alpha value is -1.63. The lowest BCUT2D eigenvalue weighted by molar-refractivity contribution is -0.122. The van der Waals surface area contributed by atoms with Crippen molar-refractivity contribution in [2.24, 2.45) is 0 Å². The van der Waals surface area contributed by atoms with Crippen LogP contribution in [0, 0.1) is 0 Å². The summed E-state index contributed by atoms with van der Waals surface area (Å²) in [6.07, 6.45) is 2.44. The molecule has 2 heterocycles. The molecule has 1 aromatic rings. The number of ether oxygens (including phenoxy) is 1. The fourth-order valence-corrected chi connectivity index (χ4v) is 2.92. The number of likely N-dealkylation sites (tertiary alicyclic amines) is 1. The van der Waals surface area contributed by atoms with Crippen LogP contribution in [-0.2, 0) is 16.0 Å². The van der Waals surface area contributed by atoms with Crippen molar-refractivity contribution in [2.45, 2.75) is 38.6 Å². The van der Waals surface area contributed by atoms with Gasteiger partial charge in [-0.05, 0) is 26.2 Å². The Kier molecular flexibility index (Phi) is 5.98. The molecule has 0 radical (unpaired) electrons. The van der Waals surface area contributed by atoms with Crippen LogP contribution in [0.2, 0.25) is 0 Å². The molecule has 0 unspecified atom stereocenters. The molecular weight excluding hydrogens is 290 g/mol. The van der Waals surface area contributed by atoms with E-state index in [1.54, 1.807) is 28.7 Å². The van der Waals surface area contributed by atoms with E-state index in [4.69, 9.17) is 4.74 Å². The van der Waals surface area contributed by atoms with Gasteiger partial charge >= 0.3 is 6.09 Å². The van der Waals surface area contributed by atoms with Crippen molar-refractivity contribution in [1.82, 2.24) is 15.2 Å². The molecule has 1 saturated heterocycles. The molecule has 1 aliphatic heterocycles. The third-order valence-corrected chi connectivity index (χ3v) is 4.11. The van der Waals surface area contributed by atoms with Gasteiger partial charge < -0.3 is 15.0 Å². The number of piperidine rings is 1. The molecule has 1 aromatic heterocycles. The molecule has 1 aliphatic rings. The number of carbonyl (C=O) groups excluding carboxylic acids is 2. The average molecular weight is 311 g/mol. The molecule has 116 valence electrons. The van der Waals surface area contributed by atoms with Crippen molar-refractivity contribution < 1.29 is 14.3 Å². The second-order valence-corrected chi connectivity index (χ2v) is 5.73. The van der Waals surface area contributed by atoms with Crippen LogP contribution in [0.25, 0.3) is 0 Å². The number of nitrogens with one attached hydrogen (secondary N) is 1. The molecule has 1 N–H and O–H groups in total. The maximum absolute atomic E-state index is 11.9. The fraction of sp³-hybridized carbons (Fsp3) is 0.643. The van der Waals surface area contributed by atoms with Crippen LogP contribution in [0.15, 0.2) is 10.9 Å². The Bertz CT molecular complexity index is 456. The van der Waals surface area contributed by atoms with Gasteiger partial charge in [0.05, 0.1) is 17.8 Å². The lowest BCUT2D eigenvalue weighted by Crippen LogP contribution is -2.46. The monoisotopic (exact) mass is 311 g/mol. The highest BCUT2D eigenvalue weighted by Gasteiger charge is 2.24. The lowest BCUT2D eigenvalue weighted by Gasteiger charge is -2.31. The average Bonchev–Trinajstić information content (AvgIpc) is 2.99. The zero-order valence-electron chi connectivity index (χ0n) is 12.2. The molecule has 6 nitrogen and oxygen atoms in total. The highest BCUT2D eigenvalue weighted by atomic mass is 32.1. The minimum Gasteiger partial charge on any atom is -0.450 e. The van der Waals surface area contributed by atoms with E-state index in [1.807, 2.05) is 5.38 Å². The van der Waals surface area contributed by atoms with E-state index in [2.05, 4.69) is 10.3 Å². The first-order chi connectivity index (χ1) is 10.2. The van der Waals surface area contributed by atoms with Gasteiger partial charge in [0.1, 0.15) is 0 Å². The predicted molar refractivity (Wildman–Crippen MR) is 80.2 cm³/mol. The van der Waals surface area contributed by atoms with Gasteiger partial charge in [0.15, 0.2) is 0 Å². The van der Waals surface area contributed by atoms with E-state index in [0.29, 0.717) is 32.5 Å². The minimum atomic E-state index is -0.259. The molecule has 0 atom stereocenters. The molecule has 21 heavy (non-hydrogen) atoms. The topological polar surface area (TPSA) is 71.5 Å². The van der Waals surface area contributed by atoms with E-state index >= 15 is 0 Å². The van der Waals surface area contributed by atoms with Gasteiger partial charge in [-0.15, -0.1) is 11.3 Å². The summed E-state index contributed by atoms with van der Waals surface area (Å²) < 4.78 is 4.97. The van der Waals surface area contributed by atoms with Gasteiger partial charge in [-0.3, -0.25) is 4.79 Å². The van der Waals surface area contributed by atoms with Gasteiger partial charge in [-0.2, -0.15) is 0 Å². The molecule has 0 spiro atoms. The maximum Gasteiger partial charge on any atom is 0.409 e. The normalized spacial score (nSPS) is 15.8. The Morgan fingerprint density at radius 2 is 2.24 bits per heavy atom. The summed E-state index contributed by atoms with van der Waals surface area (Å²) >= 11 is 1.54. The summed E-state index contributed by atoms with van der Waals surface area (Å²) in [7, 11) is 0. The Balaban J connectivity index is 1.66. The smallest absolute Gasteiger partial charge is 0.409 e. The Labute approximate surface area is 128 Å². The molecule has 0 aromatic carbocycles. The third-order valence-electron chi connectivity index (χ3n) is 3.48. The van der Waals surface area contributed by atoms with Crippen LogP contribution in [0.5, 0.6) is 0 Å². The van der Waals surface area contributed by atoms with Crippen molar-refractivity contribution in [3.63, 3.8) is 0 Å². The minimum absolute atomic E-state index is 0.0533. The first kappa shape index (κ1) is 15.8. The van der Waals surface area contributed by atoms with Crippen LogP contribution in [0.3, 0.4) is 0 Å². The van der Waals surface area contributed by atoms with E-state index in [9.17, 15) is 9.59 Å². The molecule has 0 aliphatic carbocycles. The summed E-state index contributed by atoms with van der Waals surface area (Å²) in [5, 5.41) is 4.99. The van der Waals surface area contributed by atoms with Crippen molar-refractivity contribution >= 4 is 23.3 Å². The standard InChI is InChI=1S/C14H21N3O3S/c1-2-20-14(19)17-7-5-11(6-8-17)16-13(18)4-3-12-9-21-10-15-12/h9-11H,2-8H2,1H3,(H,16,18). The maximum atomic E-state index is 11.9. The first-order valence-electron chi connectivity index (χ1n) is 7.27. The van der Waals surface area contributed by atoms with E-state index in [-0.39, 0.29) is 18.0 Å². The fourth-order valence-electron chi connectivity index (χ4n) is 2.32. The number of carbonyl (C=O) groups is 2. The van der Waals surface area contributed by atoms with Crippen LogP contribution in [-0.4, -0.2) is 47.6 Å². The zero-order valence-corrected chi connectivity index (χ0v) is 13.0. The quantitative estimate of drug-likeness (QED) is 0.900. The van der Waals surface area contributed by atoms with Crippen molar-refractivity contribution in [3.8, 4) is 0 Å². The number of hydrogen-bond donors (Lipinski definition) is 1. The number of amides is 2. The molecule has 1 fully saturated rings. The van der Waals surface area contributed by atoms with Gasteiger partial charge in [-0.25, -0.2) is 9.78 Å². The number of thiazole rings is 1. The summed E-state index contributed by atoms with van der Waals surface area (Å²) in [4.78, 5) is 29.3. The Morgan fingerprint density at radius 1 is 1.48 bits per heavy atom. The lowest BCUT2D eigenvalue weighted by atomic mass is 10.1. The van der Waals surface area contributed by atoms with Crippen LogP contribution < -0.4 is 5.32 Å². The summed E-state index contributed by atoms with van der Waals surface area (Å²) in [5.74, 6) is 0.0533. The van der Waals surface area contributed by atoms with Gasteiger partial charge in [0.2, 0.25) is 5.91 Å². The number of hydrogen-bond acceptors (Lipinski definition) is 5. The molecule has 2 rings (SSSR count). The molecule has 0 saturated carbocycles. The Morgan fingerprint density at radius 3 is 2.86 bits per heavy atom. The summed E-state index contributed by atoms with van der Waals surface area (Å²) in [6, 6.07) is 0.151. The number of aromatic nitrogens is 1. The third kappa shape index (κ3) is 5.00. The van der Waals surface area contributed by atoms with E-state index in [1.165, 1.54) is 0 Å². The number of nitrogens with zero attached hydrogens (tertiary/aromatic N) is 2. The summed E-state index contributed by atoms with van der Waals surface area (Å²) in [5.41, 5.74) is 2.74. The van der Waals surface area contributed by atoms with Gasteiger partial charge in [-0.1, -0.05) is 0 Å². The molecule has 7 heteroatoms. The second kappa shape index (κ2) is 7.97. The zero-order chi connectivity index (χ0) is 15.1. The van der Waals surface area contributed by atoms with Gasteiger partial charge in [0, 0.05) is 30.9 Å². The second-order valence-electron chi connectivity index (χ2n) is 5.01. The highest BCUT2D eigenvalue weighted by molar-refractivity contribution is 7.07. The van der Waals surface area contributed by atoms with Crippen molar-refractivity contribution in [3.05, 3.63) is 16.6 Å². The largest absolute Gasteiger partial charge is 0.450 e. The van der Waals surface area contributed by atoms with E-state index in [0.717, 1.165) is 18.5 Å². The summed E-state index contributed by atoms with van der Waals surface area (Å²) in [6.45, 7) is 3.46. The molecule has 0 bridgehead atoms. The number of rotatable bonds is 5. The van der Waals surface area contributed by atoms with Crippen LogP contribution >= 0.6 is 11.3 Å². The molecule has 2 amide bonds. The number of aryl methyl sites for hydroxylation is 1. The van der Waals surface area contributed by atoms with E-state index < -0.39 is 0 Å². The SMILES string of the molecule is CCOC(=O)N1CCC(NC(=O)CCc2cscn2)CC1. The highest BCUT2D eigenvalue weighted by Crippen LogP contribution is 2.12. The predicted octanol–water partition coefficient (Wildman–Crippen LogP) is 1.81. The van der Waals surface area contributed by atoms with Crippen LogP contribution in [0.4, 0.5) is 4.79 Å². The van der Waals surface area contributed by atoms with Crippen molar-refractivity contribution in [2.75, 3.05) is 19.7 Å². The van der Waals surface area contributed by atoms with Crippen LogP contribution in [0.1, 0.15) is 31.9 Å². The first-order valence-corrected chi connectivity index (χ1v) is 8.21.